The SMILES string of the molecule is CC(C)(C)c1ccc(N2B3c4cc5c(-c6ccccc6)sc(-c6ccccc6)c5cc4N(c4ccc(C(C)(C)C)cc4-c4ccccc4)c4c3c(cc3c4oc4ccccc43)-c3cc4c(cc32)oc2cc(N(c3ccc(C(C)(C)C)cc3)c3ccc(C(C)(C)C)cc3)ccc24)cc1. The average molecular weight is 1280 g/mol. The second-order valence-corrected chi connectivity index (χ2v) is 32.0. The molecular formula is C90H78BN3O2S. The molecule has 474 valence electrons. The van der Waals surface area contributed by atoms with Crippen LogP contribution in [-0.4, -0.2) is 6.85 Å². The van der Waals surface area contributed by atoms with Gasteiger partial charge in [0, 0.05) is 99.5 Å². The highest BCUT2D eigenvalue weighted by Gasteiger charge is 2.48. The molecule has 0 unspecified atom stereocenters. The van der Waals surface area contributed by atoms with Crippen LogP contribution in [0, 0.1) is 0 Å². The number of benzene rings is 12. The fourth-order valence-corrected chi connectivity index (χ4v) is 16.5. The summed E-state index contributed by atoms with van der Waals surface area (Å²) >= 11 is 1.88. The van der Waals surface area contributed by atoms with Gasteiger partial charge >= 0.3 is 6.85 Å². The zero-order valence-corrected chi connectivity index (χ0v) is 58.2. The third-order valence-corrected chi connectivity index (χ3v) is 21.8. The Labute approximate surface area is 574 Å². The monoisotopic (exact) mass is 1280 g/mol. The Balaban J connectivity index is 0.987. The molecule has 0 atom stereocenters. The van der Waals surface area contributed by atoms with E-state index in [2.05, 4.69) is 352 Å². The van der Waals surface area contributed by atoms with Crippen molar-refractivity contribution in [3.8, 4) is 43.1 Å². The van der Waals surface area contributed by atoms with E-state index in [9.17, 15) is 0 Å². The van der Waals surface area contributed by atoms with Gasteiger partial charge in [-0.2, -0.15) is 0 Å². The van der Waals surface area contributed by atoms with Crippen LogP contribution >= 0.6 is 11.3 Å². The number of thiophene rings is 1. The molecule has 7 heteroatoms. The van der Waals surface area contributed by atoms with E-state index in [0.29, 0.717) is 0 Å². The van der Waals surface area contributed by atoms with Crippen LogP contribution in [0.25, 0.3) is 97.8 Å². The molecule has 2 aliphatic heterocycles. The predicted molar refractivity (Wildman–Crippen MR) is 416 cm³/mol. The van der Waals surface area contributed by atoms with E-state index in [1.54, 1.807) is 0 Å². The number of hydrogen-bond acceptors (Lipinski definition) is 6. The van der Waals surface area contributed by atoms with Gasteiger partial charge in [0.1, 0.15) is 16.7 Å². The van der Waals surface area contributed by atoms with Gasteiger partial charge in [0.05, 0.1) is 11.4 Å². The first-order chi connectivity index (χ1) is 46.6. The molecule has 0 amide bonds. The lowest BCUT2D eigenvalue weighted by Gasteiger charge is -2.46. The Morgan fingerprint density at radius 3 is 1.42 bits per heavy atom. The number of anilines is 8. The highest BCUT2D eigenvalue weighted by molar-refractivity contribution is 7.21. The van der Waals surface area contributed by atoms with E-state index in [4.69, 9.17) is 8.83 Å². The van der Waals surface area contributed by atoms with Gasteiger partial charge in [0.15, 0.2) is 5.58 Å². The highest BCUT2D eigenvalue weighted by atomic mass is 32.1. The summed E-state index contributed by atoms with van der Waals surface area (Å²) in [6.07, 6.45) is 0. The third-order valence-electron chi connectivity index (χ3n) is 20.5. The molecule has 12 aromatic carbocycles. The average Bonchev–Trinajstić information content (AvgIpc) is 1.67. The van der Waals surface area contributed by atoms with Crippen molar-refractivity contribution in [2.75, 3.05) is 14.6 Å². The first-order valence-corrected chi connectivity index (χ1v) is 35.1. The highest BCUT2D eigenvalue weighted by Crippen LogP contribution is 2.56. The van der Waals surface area contributed by atoms with Crippen LogP contribution in [0.2, 0.25) is 0 Å². The zero-order valence-electron chi connectivity index (χ0n) is 57.4. The van der Waals surface area contributed by atoms with Crippen LogP contribution in [0.4, 0.5) is 45.5 Å². The number of furan rings is 2. The quantitative estimate of drug-likeness (QED) is 0.142. The maximum Gasteiger partial charge on any atom is 0.333 e. The summed E-state index contributed by atoms with van der Waals surface area (Å²) in [6.45, 7) is 27.2. The van der Waals surface area contributed by atoms with Crippen molar-refractivity contribution in [2.45, 2.75) is 105 Å². The normalized spacial score (nSPS) is 13.3. The molecular weight excluding hydrogens is 1200 g/mol. The molecule has 15 aromatic rings. The van der Waals surface area contributed by atoms with Gasteiger partial charge in [0.25, 0.3) is 0 Å². The summed E-state index contributed by atoms with van der Waals surface area (Å²) in [5.41, 5.74) is 26.2. The molecule has 17 rings (SSSR count). The van der Waals surface area contributed by atoms with Crippen molar-refractivity contribution in [1.29, 1.82) is 0 Å². The maximum absolute atomic E-state index is 7.51. The molecule has 5 heterocycles. The van der Waals surface area contributed by atoms with Gasteiger partial charge in [0.2, 0.25) is 0 Å². The summed E-state index contributed by atoms with van der Waals surface area (Å²) in [4.78, 5) is 10.1. The third kappa shape index (κ3) is 10.0. The van der Waals surface area contributed by atoms with Crippen molar-refractivity contribution in [3.05, 3.63) is 277 Å². The van der Waals surface area contributed by atoms with Crippen LogP contribution in [-0.2, 0) is 21.7 Å². The minimum absolute atomic E-state index is 0.00965. The van der Waals surface area contributed by atoms with Crippen LogP contribution < -0.4 is 25.5 Å². The van der Waals surface area contributed by atoms with E-state index in [-0.39, 0.29) is 28.5 Å². The molecule has 0 saturated heterocycles. The molecule has 5 nitrogen and oxygen atoms in total. The van der Waals surface area contributed by atoms with Crippen molar-refractivity contribution < 1.29 is 8.83 Å². The zero-order chi connectivity index (χ0) is 66.6. The molecule has 0 bridgehead atoms. The number of para-hydroxylation sites is 1. The Hall–Kier alpha value is -10.3. The molecule has 2 aliphatic rings. The molecule has 0 radical (unpaired) electrons. The second kappa shape index (κ2) is 22.1. The Bertz CT molecular complexity index is 5540. The molecule has 0 aliphatic carbocycles. The van der Waals surface area contributed by atoms with Crippen molar-refractivity contribution in [3.63, 3.8) is 0 Å². The fraction of sp³-hybridized carbons (Fsp3) is 0.178. The minimum atomic E-state index is -0.361. The minimum Gasteiger partial charge on any atom is -0.456 e. The summed E-state index contributed by atoms with van der Waals surface area (Å²) in [5, 5.41) is 6.68. The second-order valence-electron chi connectivity index (χ2n) is 30.9. The lowest BCUT2D eigenvalue weighted by molar-refractivity contribution is 0.590. The Morgan fingerprint density at radius 1 is 0.340 bits per heavy atom. The summed E-state index contributed by atoms with van der Waals surface area (Å²) < 4.78 is 14.9. The fourth-order valence-electron chi connectivity index (χ4n) is 15.2. The lowest BCUT2D eigenvalue weighted by atomic mass is 9.43. The van der Waals surface area contributed by atoms with Gasteiger partial charge in [-0.1, -0.05) is 241 Å². The van der Waals surface area contributed by atoms with Gasteiger partial charge in [-0.3, -0.25) is 0 Å². The molecule has 0 fully saturated rings. The molecule has 97 heavy (non-hydrogen) atoms. The van der Waals surface area contributed by atoms with Crippen LogP contribution in [0.1, 0.15) is 105 Å². The van der Waals surface area contributed by atoms with Gasteiger partial charge in [-0.05, 0) is 162 Å². The molecule has 0 spiro atoms. The summed E-state index contributed by atoms with van der Waals surface area (Å²) in [6, 6.07) is 95.6. The van der Waals surface area contributed by atoms with E-state index in [1.165, 1.54) is 64.8 Å². The van der Waals surface area contributed by atoms with E-state index >= 15 is 0 Å². The first-order valence-electron chi connectivity index (χ1n) is 34.2. The standard InChI is InChI=1S/C90H78BN3O2S/c1-87(2,3)58-32-39-62(40-33-58)92(63-41-34-59(35-42-63)88(4,5)6)65-45-46-67-70-50-69-71-51-72-66-30-22-23-31-79(66)96-84(72)83-82(71)91(94(77(69)54-81(70)95-80(67)49-65)64-43-36-60(37-44-64)89(7,8)9)75-52-73-74(86(57-28-20-15-21-29-57)97-85(73)56-26-18-14-19-27-56)53-78(75)93(83)76-47-38-61(90(10,11)12)48-68(76)55-24-16-13-17-25-55/h13-54H,1-12H3. The smallest absolute Gasteiger partial charge is 0.333 e. The van der Waals surface area contributed by atoms with E-state index < -0.39 is 0 Å². The molecule has 3 aromatic heterocycles. The van der Waals surface area contributed by atoms with Crippen molar-refractivity contribution in [2.24, 2.45) is 0 Å². The first kappa shape index (κ1) is 60.3. The van der Waals surface area contributed by atoms with Crippen LogP contribution in [0.15, 0.2) is 264 Å². The van der Waals surface area contributed by atoms with Gasteiger partial charge in [-0.15, -0.1) is 11.3 Å². The maximum atomic E-state index is 7.51. The summed E-state index contributed by atoms with van der Waals surface area (Å²) in [5.74, 6) is 0. The predicted octanol–water partition coefficient (Wildman–Crippen LogP) is 25.1. The van der Waals surface area contributed by atoms with Crippen LogP contribution in [0.3, 0.4) is 0 Å². The van der Waals surface area contributed by atoms with Crippen molar-refractivity contribution >= 4 is 129 Å². The van der Waals surface area contributed by atoms with E-state index in [1.807, 2.05) is 11.3 Å². The Morgan fingerprint density at radius 2 is 0.835 bits per heavy atom. The number of rotatable bonds is 8. The topological polar surface area (TPSA) is 36.0 Å². The van der Waals surface area contributed by atoms with Crippen LogP contribution in [0.5, 0.6) is 0 Å². The van der Waals surface area contributed by atoms with Gasteiger partial charge < -0.3 is 23.4 Å². The number of hydrogen-bond donors (Lipinski definition) is 0. The Kier molecular flexibility index (Phi) is 13.8. The van der Waals surface area contributed by atoms with E-state index in [0.717, 1.165) is 112 Å². The summed E-state index contributed by atoms with van der Waals surface area (Å²) in [7, 11) is 0. The van der Waals surface area contributed by atoms with Crippen molar-refractivity contribution in [1.82, 2.24) is 0 Å². The number of fused-ring (bicyclic) bond motifs is 12. The van der Waals surface area contributed by atoms with Gasteiger partial charge in [-0.25, -0.2) is 0 Å². The number of nitrogens with zero attached hydrogens (tertiary/aromatic N) is 3. The largest absolute Gasteiger partial charge is 0.456 e. The molecule has 0 N–H and O–H groups in total. The molecule has 0 saturated carbocycles. The lowest BCUT2D eigenvalue weighted by Crippen LogP contribution is -2.61.